The van der Waals surface area contributed by atoms with Crippen LogP contribution < -0.4 is 0 Å². The van der Waals surface area contributed by atoms with Crippen LogP contribution in [0.1, 0.15) is 22.3 Å². The fraction of sp³-hybridized carbons (Fsp3) is 0.0172. The van der Waals surface area contributed by atoms with E-state index in [1.165, 1.54) is 53.7 Å². The molecule has 0 aliphatic heterocycles. The van der Waals surface area contributed by atoms with E-state index in [4.69, 9.17) is 19.4 Å². The zero-order chi connectivity index (χ0) is 41.5. The molecule has 0 N–H and O–H groups in total. The highest BCUT2D eigenvalue weighted by Crippen LogP contribution is 2.58. The Labute approximate surface area is 367 Å². The molecule has 9 aromatic carbocycles. The number of rotatable bonds is 6. The summed E-state index contributed by atoms with van der Waals surface area (Å²) in [4.78, 5) is 15.8. The van der Waals surface area contributed by atoms with Crippen molar-refractivity contribution < 1.29 is 4.42 Å². The molecule has 0 saturated heterocycles. The highest BCUT2D eigenvalue weighted by molar-refractivity contribution is 7.25. The average molecular weight is 822 g/mol. The maximum atomic E-state index is 6.66. The summed E-state index contributed by atoms with van der Waals surface area (Å²) in [6.07, 6.45) is 0. The van der Waals surface area contributed by atoms with E-state index < -0.39 is 5.41 Å². The van der Waals surface area contributed by atoms with Crippen LogP contribution in [-0.4, -0.2) is 15.0 Å². The van der Waals surface area contributed by atoms with Gasteiger partial charge in [-0.1, -0.05) is 182 Å². The Hall–Kier alpha value is -7.99. The molecule has 3 heterocycles. The molecule has 3 aromatic heterocycles. The number of aromatic nitrogens is 3. The van der Waals surface area contributed by atoms with Crippen molar-refractivity contribution in [3.8, 4) is 56.4 Å². The lowest BCUT2D eigenvalue weighted by molar-refractivity contribution is 0.669. The first-order valence-electron chi connectivity index (χ1n) is 21.3. The van der Waals surface area contributed by atoms with E-state index in [0.29, 0.717) is 17.5 Å². The molecule has 63 heavy (non-hydrogen) atoms. The molecule has 1 aliphatic carbocycles. The molecule has 0 unspecified atom stereocenters. The van der Waals surface area contributed by atoms with Crippen LogP contribution in [0.2, 0.25) is 0 Å². The minimum Gasteiger partial charge on any atom is -0.456 e. The molecule has 12 aromatic rings. The van der Waals surface area contributed by atoms with Gasteiger partial charge in [-0.2, -0.15) is 0 Å². The minimum atomic E-state index is -0.490. The Morgan fingerprint density at radius 3 is 1.71 bits per heavy atom. The van der Waals surface area contributed by atoms with Crippen molar-refractivity contribution in [1.82, 2.24) is 15.0 Å². The van der Waals surface area contributed by atoms with Gasteiger partial charge in [0, 0.05) is 47.6 Å². The minimum absolute atomic E-state index is 0.490. The Morgan fingerprint density at radius 1 is 0.365 bits per heavy atom. The first-order valence-corrected chi connectivity index (χ1v) is 22.1. The molecular weight excluding hydrogens is 787 g/mol. The molecule has 1 aliphatic rings. The second-order valence-corrected chi connectivity index (χ2v) is 17.3. The molecule has 0 fully saturated rings. The van der Waals surface area contributed by atoms with Gasteiger partial charge in [0.25, 0.3) is 0 Å². The molecule has 0 atom stereocenters. The Morgan fingerprint density at radius 2 is 0.937 bits per heavy atom. The van der Waals surface area contributed by atoms with Crippen molar-refractivity contribution in [2.24, 2.45) is 0 Å². The third kappa shape index (κ3) is 5.37. The van der Waals surface area contributed by atoms with Crippen molar-refractivity contribution in [2.45, 2.75) is 5.41 Å². The summed E-state index contributed by atoms with van der Waals surface area (Å²) in [7, 11) is 0. The summed E-state index contributed by atoms with van der Waals surface area (Å²) in [5, 5.41) is 4.34. The molecular formula is C58H35N3OS. The lowest BCUT2D eigenvalue weighted by Crippen LogP contribution is -2.28. The maximum absolute atomic E-state index is 6.66. The van der Waals surface area contributed by atoms with E-state index >= 15 is 0 Å². The number of furan rings is 1. The third-order valence-electron chi connectivity index (χ3n) is 12.8. The normalized spacial score (nSPS) is 12.9. The molecule has 4 nitrogen and oxygen atoms in total. The highest BCUT2D eigenvalue weighted by atomic mass is 32.1. The predicted octanol–water partition coefficient (Wildman–Crippen LogP) is 15.2. The van der Waals surface area contributed by atoms with Crippen LogP contribution in [0.5, 0.6) is 0 Å². The molecule has 0 bridgehead atoms. The zero-order valence-electron chi connectivity index (χ0n) is 33.9. The van der Waals surface area contributed by atoms with Crippen molar-refractivity contribution >= 4 is 53.4 Å². The average Bonchev–Trinajstić information content (AvgIpc) is 4.03. The van der Waals surface area contributed by atoms with Gasteiger partial charge in [0.1, 0.15) is 11.2 Å². The molecule has 294 valence electrons. The standard InChI is InChI=1S/C58H35N3OS/c1-4-17-36(18-5-1)55-59-56(61-57(60-55)44-27-16-32-51-54(44)42-24-11-13-31-50(42)63-51)43-26-15-30-49-53(43)45-35-37(33-34-48(45)62-49)40-25-14-29-47-52(40)41-23-10-12-28-46(41)58(47,38-19-6-2-7-20-38)39-21-8-3-9-22-39/h1-35H. The van der Waals surface area contributed by atoms with Crippen LogP contribution in [0.25, 0.3) is 98.5 Å². The third-order valence-corrected chi connectivity index (χ3v) is 14.0. The molecule has 5 heteroatoms. The summed E-state index contributed by atoms with van der Waals surface area (Å²) in [6, 6.07) is 75.7. The topological polar surface area (TPSA) is 51.8 Å². The Bertz CT molecular complexity index is 3700. The van der Waals surface area contributed by atoms with E-state index in [1.54, 1.807) is 11.3 Å². The number of fused-ring (bicyclic) bond motifs is 9. The molecule has 13 rings (SSSR count). The van der Waals surface area contributed by atoms with Crippen LogP contribution in [0.15, 0.2) is 217 Å². The van der Waals surface area contributed by atoms with Gasteiger partial charge in [0.15, 0.2) is 17.5 Å². The van der Waals surface area contributed by atoms with Gasteiger partial charge in [-0.05, 0) is 74.8 Å². The second kappa shape index (κ2) is 14.0. The zero-order valence-corrected chi connectivity index (χ0v) is 34.7. The van der Waals surface area contributed by atoms with Gasteiger partial charge in [0.05, 0.1) is 5.41 Å². The first-order chi connectivity index (χ1) is 31.2. The largest absolute Gasteiger partial charge is 0.456 e. The first kappa shape index (κ1) is 35.7. The van der Waals surface area contributed by atoms with Crippen LogP contribution in [0.4, 0.5) is 0 Å². The summed E-state index contributed by atoms with van der Waals surface area (Å²) < 4.78 is 9.10. The van der Waals surface area contributed by atoms with Gasteiger partial charge in [-0.15, -0.1) is 11.3 Å². The monoisotopic (exact) mass is 821 g/mol. The molecule has 0 saturated carbocycles. The van der Waals surface area contributed by atoms with E-state index in [0.717, 1.165) is 49.6 Å². The van der Waals surface area contributed by atoms with E-state index in [2.05, 4.69) is 182 Å². The fourth-order valence-corrected chi connectivity index (χ4v) is 11.3. The maximum Gasteiger partial charge on any atom is 0.164 e. The lowest BCUT2D eigenvalue weighted by atomic mass is 9.67. The molecule has 0 radical (unpaired) electrons. The van der Waals surface area contributed by atoms with Crippen LogP contribution in [-0.2, 0) is 5.41 Å². The summed E-state index contributed by atoms with van der Waals surface area (Å²) in [5.74, 6) is 1.85. The quantitative estimate of drug-likeness (QED) is 0.168. The molecule has 0 amide bonds. The van der Waals surface area contributed by atoms with Crippen LogP contribution in [0, 0.1) is 0 Å². The summed E-state index contributed by atoms with van der Waals surface area (Å²) >= 11 is 1.79. The van der Waals surface area contributed by atoms with Gasteiger partial charge in [-0.25, -0.2) is 15.0 Å². The number of benzene rings is 9. The highest BCUT2D eigenvalue weighted by Gasteiger charge is 2.46. The Balaban J connectivity index is 1.04. The Kier molecular flexibility index (Phi) is 7.96. The lowest BCUT2D eigenvalue weighted by Gasteiger charge is -2.34. The summed E-state index contributed by atoms with van der Waals surface area (Å²) in [6.45, 7) is 0. The molecule has 0 spiro atoms. The smallest absolute Gasteiger partial charge is 0.164 e. The van der Waals surface area contributed by atoms with E-state index in [-0.39, 0.29) is 0 Å². The van der Waals surface area contributed by atoms with E-state index in [9.17, 15) is 0 Å². The van der Waals surface area contributed by atoms with Gasteiger partial charge in [0.2, 0.25) is 0 Å². The van der Waals surface area contributed by atoms with Gasteiger partial charge < -0.3 is 4.42 Å². The van der Waals surface area contributed by atoms with Crippen molar-refractivity contribution in [1.29, 1.82) is 0 Å². The number of nitrogens with zero attached hydrogens (tertiary/aromatic N) is 3. The van der Waals surface area contributed by atoms with Gasteiger partial charge >= 0.3 is 0 Å². The van der Waals surface area contributed by atoms with Crippen molar-refractivity contribution in [3.05, 3.63) is 235 Å². The number of thiophene rings is 1. The van der Waals surface area contributed by atoms with Crippen LogP contribution in [0.3, 0.4) is 0 Å². The fourth-order valence-electron chi connectivity index (χ4n) is 10.2. The summed E-state index contributed by atoms with van der Waals surface area (Å²) in [5.41, 5.74) is 13.7. The predicted molar refractivity (Wildman–Crippen MR) is 259 cm³/mol. The van der Waals surface area contributed by atoms with Crippen molar-refractivity contribution in [3.63, 3.8) is 0 Å². The second-order valence-electron chi connectivity index (χ2n) is 16.2. The van der Waals surface area contributed by atoms with Gasteiger partial charge in [-0.3, -0.25) is 0 Å². The van der Waals surface area contributed by atoms with Crippen molar-refractivity contribution in [2.75, 3.05) is 0 Å². The van der Waals surface area contributed by atoms with Crippen LogP contribution >= 0.6 is 11.3 Å². The number of hydrogen-bond acceptors (Lipinski definition) is 5. The van der Waals surface area contributed by atoms with E-state index in [1.807, 2.05) is 30.3 Å². The number of hydrogen-bond donors (Lipinski definition) is 0. The SMILES string of the molecule is c1ccc(-c2nc(-c3cccc4oc5ccc(-c6cccc7c6-c6ccccc6C7(c6ccccc6)c6ccccc6)cc5c34)nc(-c3cccc4sc5ccccc5c34)n2)cc1.